The fraction of sp³-hybridized carbons (Fsp3) is 0.545. The summed E-state index contributed by atoms with van der Waals surface area (Å²) in [5, 5.41) is 0. The zero-order valence-corrected chi connectivity index (χ0v) is 16.1. The standard InChI is InChI=1S/C22H34N2O/c1-4-20(10-13-23)21-9-5-7-18(2)17-22(21)25-16-12-19-8-6-14-24(3)15-11-19/h4-5,7,10,13,17,19H,6,8-9,11-12,14-16,23H2,1-3H3/b13-10-,20-4+. The molecular formula is C22H34N2O. The van der Waals surface area contributed by atoms with E-state index in [-0.39, 0.29) is 0 Å². The summed E-state index contributed by atoms with van der Waals surface area (Å²) in [7, 11) is 2.23. The van der Waals surface area contributed by atoms with Crippen molar-refractivity contribution in [3.8, 4) is 0 Å². The monoisotopic (exact) mass is 342 g/mol. The maximum Gasteiger partial charge on any atom is 0.123 e. The molecule has 0 aromatic rings. The van der Waals surface area contributed by atoms with Crippen LogP contribution in [0.15, 0.2) is 59.1 Å². The summed E-state index contributed by atoms with van der Waals surface area (Å²) in [6, 6.07) is 0. The highest BCUT2D eigenvalue weighted by atomic mass is 16.5. The van der Waals surface area contributed by atoms with E-state index in [9.17, 15) is 0 Å². The highest BCUT2D eigenvalue weighted by Gasteiger charge is 2.16. The molecule has 0 radical (unpaired) electrons. The zero-order valence-electron chi connectivity index (χ0n) is 16.1. The highest BCUT2D eigenvalue weighted by Crippen LogP contribution is 2.27. The molecule has 2 rings (SSSR count). The molecule has 2 N–H and O–H groups in total. The maximum atomic E-state index is 6.28. The van der Waals surface area contributed by atoms with E-state index in [0.29, 0.717) is 0 Å². The van der Waals surface area contributed by atoms with E-state index in [1.165, 1.54) is 43.5 Å². The van der Waals surface area contributed by atoms with Crippen LogP contribution in [0, 0.1) is 5.92 Å². The molecule has 0 spiro atoms. The topological polar surface area (TPSA) is 38.5 Å². The Kier molecular flexibility index (Phi) is 8.07. The summed E-state index contributed by atoms with van der Waals surface area (Å²) in [5.41, 5.74) is 9.22. The van der Waals surface area contributed by atoms with Gasteiger partial charge in [0.25, 0.3) is 0 Å². The van der Waals surface area contributed by atoms with E-state index >= 15 is 0 Å². The average molecular weight is 343 g/mol. The van der Waals surface area contributed by atoms with Crippen LogP contribution in [0.3, 0.4) is 0 Å². The van der Waals surface area contributed by atoms with E-state index in [4.69, 9.17) is 10.5 Å². The highest BCUT2D eigenvalue weighted by molar-refractivity contribution is 5.47. The Balaban J connectivity index is 2.04. The number of nitrogens with zero attached hydrogens (tertiary/aromatic N) is 1. The molecule has 0 saturated carbocycles. The third-order valence-corrected chi connectivity index (χ3v) is 5.15. The average Bonchev–Trinajstić information content (AvgIpc) is 2.91. The normalized spacial score (nSPS) is 23.6. The zero-order chi connectivity index (χ0) is 18.1. The van der Waals surface area contributed by atoms with E-state index < -0.39 is 0 Å². The predicted octanol–water partition coefficient (Wildman–Crippen LogP) is 4.70. The third kappa shape index (κ3) is 6.24. The first kappa shape index (κ1) is 19.6. The van der Waals surface area contributed by atoms with E-state index in [2.05, 4.69) is 43.2 Å². The minimum Gasteiger partial charge on any atom is -0.493 e. The van der Waals surface area contributed by atoms with Gasteiger partial charge in [-0.05, 0) is 102 Å². The van der Waals surface area contributed by atoms with Crippen LogP contribution in [-0.2, 0) is 4.74 Å². The molecule has 0 aromatic carbocycles. The fourth-order valence-electron chi connectivity index (χ4n) is 3.60. The van der Waals surface area contributed by atoms with Gasteiger partial charge in [0, 0.05) is 5.57 Å². The number of rotatable bonds is 6. The van der Waals surface area contributed by atoms with Crippen LogP contribution >= 0.6 is 0 Å². The lowest BCUT2D eigenvalue weighted by Gasteiger charge is -2.17. The first-order valence-corrected chi connectivity index (χ1v) is 9.58. The second kappa shape index (κ2) is 10.3. The Hall–Kier alpha value is -1.74. The summed E-state index contributed by atoms with van der Waals surface area (Å²) in [6.07, 6.45) is 18.1. The molecule has 1 heterocycles. The van der Waals surface area contributed by atoms with Crippen molar-refractivity contribution in [2.45, 2.75) is 46.0 Å². The Bertz CT molecular complexity index is 581. The van der Waals surface area contributed by atoms with Gasteiger partial charge >= 0.3 is 0 Å². The van der Waals surface area contributed by atoms with Crippen LogP contribution < -0.4 is 5.73 Å². The summed E-state index contributed by atoms with van der Waals surface area (Å²) >= 11 is 0. The summed E-state index contributed by atoms with van der Waals surface area (Å²) in [6.45, 7) is 7.41. The van der Waals surface area contributed by atoms with Gasteiger partial charge in [-0.3, -0.25) is 0 Å². The van der Waals surface area contributed by atoms with Crippen LogP contribution in [-0.4, -0.2) is 31.6 Å². The largest absolute Gasteiger partial charge is 0.493 e. The Morgan fingerprint density at radius 3 is 2.96 bits per heavy atom. The molecule has 1 saturated heterocycles. The van der Waals surface area contributed by atoms with Gasteiger partial charge in [0.1, 0.15) is 5.76 Å². The molecule has 1 unspecified atom stereocenters. The molecule has 3 heteroatoms. The van der Waals surface area contributed by atoms with Crippen LogP contribution in [0.2, 0.25) is 0 Å². The van der Waals surface area contributed by atoms with E-state index in [1.807, 2.05) is 13.0 Å². The van der Waals surface area contributed by atoms with Crippen molar-refractivity contribution < 1.29 is 4.74 Å². The lowest BCUT2D eigenvalue weighted by molar-refractivity contribution is 0.192. The van der Waals surface area contributed by atoms with Crippen molar-refractivity contribution in [1.82, 2.24) is 4.90 Å². The van der Waals surface area contributed by atoms with Crippen molar-refractivity contribution in [3.63, 3.8) is 0 Å². The summed E-state index contributed by atoms with van der Waals surface area (Å²) in [4.78, 5) is 2.45. The van der Waals surface area contributed by atoms with Crippen molar-refractivity contribution >= 4 is 0 Å². The molecule has 1 atom stereocenters. The molecule has 138 valence electrons. The van der Waals surface area contributed by atoms with Crippen LogP contribution in [0.1, 0.15) is 46.0 Å². The van der Waals surface area contributed by atoms with Gasteiger partial charge in [-0.2, -0.15) is 0 Å². The molecule has 1 aliphatic carbocycles. The maximum absolute atomic E-state index is 6.28. The van der Waals surface area contributed by atoms with Gasteiger partial charge in [-0.1, -0.05) is 18.2 Å². The van der Waals surface area contributed by atoms with Crippen molar-refractivity contribution in [2.75, 3.05) is 26.7 Å². The molecule has 0 aromatic heterocycles. The minimum absolute atomic E-state index is 0.785. The Morgan fingerprint density at radius 2 is 2.20 bits per heavy atom. The number of likely N-dealkylation sites (tertiary alicyclic amines) is 1. The van der Waals surface area contributed by atoms with Gasteiger partial charge < -0.3 is 15.4 Å². The first-order valence-electron chi connectivity index (χ1n) is 9.58. The van der Waals surface area contributed by atoms with Crippen LogP contribution in [0.25, 0.3) is 0 Å². The van der Waals surface area contributed by atoms with Gasteiger partial charge in [-0.25, -0.2) is 0 Å². The number of hydrogen-bond donors (Lipinski definition) is 1. The Morgan fingerprint density at radius 1 is 1.36 bits per heavy atom. The van der Waals surface area contributed by atoms with Crippen molar-refractivity contribution in [1.29, 1.82) is 0 Å². The van der Waals surface area contributed by atoms with Gasteiger partial charge in [0.15, 0.2) is 0 Å². The van der Waals surface area contributed by atoms with Crippen molar-refractivity contribution in [3.05, 3.63) is 59.1 Å². The molecule has 0 bridgehead atoms. The number of ether oxygens (including phenoxy) is 1. The fourth-order valence-corrected chi connectivity index (χ4v) is 3.60. The quantitative estimate of drug-likeness (QED) is 0.711. The first-order chi connectivity index (χ1) is 12.1. The molecule has 1 aliphatic heterocycles. The smallest absolute Gasteiger partial charge is 0.123 e. The lowest BCUT2D eigenvalue weighted by atomic mass is 9.97. The Labute approximate surface area is 153 Å². The van der Waals surface area contributed by atoms with Gasteiger partial charge in [0.05, 0.1) is 6.61 Å². The lowest BCUT2D eigenvalue weighted by Crippen LogP contribution is -2.19. The minimum atomic E-state index is 0.785. The third-order valence-electron chi connectivity index (χ3n) is 5.15. The van der Waals surface area contributed by atoms with Gasteiger partial charge in [0.2, 0.25) is 0 Å². The number of hydrogen-bond acceptors (Lipinski definition) is 3. The number of allylic oxidation sites excluding steroid dienone is 8. The summed E-state index contributed by atoms with van der Waals surface area (Å²) < 4.78 is 6.28. The molecule has 0 amide bonds. The van der Waals surface area contributed by atoms with E-state index in [0.717, 1.165) is 36.7 Å². The SMILES string of the molecule is C/C=C(\C=C/N)C1=C(OCCC2CCCN(C)CC2)C=C(C)C=CC1. The van der Waals surface area contributed by atoms with Crippen LogP contribution in [0.5, 0.6) is 0 Å². The molecule has 25 heavy (non-hydrogen) atoms. The molecule has 3 nitrogen and oxygen atoms in total. The molecule has 2 aliphatic rings. The summed E-state index contributed by atoms with van der Waals surface area (Å²) in [5.74, 6) is 1.78. The molecule has 1 fully saturated rings. The predicted molar refractivity (Wildman–Crippen MR) is 107 cm³/mol. The van der Waals surface area contributed by atoms with Gasteiger partial charge in [-0.15, -0.1) is 0 Å². The number of nitrogens with two attached hydrogens (primary N) is 1. The second-order valence-corrected chi connectivity index (χ2v) is 7.18. The van der Waals surface area contributed by atoms with E-state index in [1.54, 1.807) is 6.20 Å². The van der Waals surface area contributed by atoms with Crippen molar-refractivity contribution in [2.24, 2.45) is 11.7 Å². The van der Waals surface area contributed by atoms with Crippen LogP contribution in [0.4, 0.5) is 0 Å². The second-order valence-electron chi connectivity index (χ2n) is 7.18. The molecular weight excluding hydrogens is 308 g/mol.